The molecule has 1 aromatic carbocycles. The Labute approximate surface area is 178 Å². The largest absolute Gasteiger partial charge is 0.490 e. The molecule has 30 heavy (non-hydrogen) atoms. The van der Waals surface area contributed by atoms with Crippen molar-refractivity contribution < 1.29 is 18.7 Å². The van der Waals surface area contributed by atoms with Gasteiger partial charge in [0, 0.05) is 6.42 Å². The van der Waals surface area contributed by atoms with Gasteiger partial charge in [-0.1, -0.05) is 26.3 Å². The van der Waals surface area contributed by atoms with Crippen molar-refractivity contribution in [3.63, 3.8) is 0 Å². The van der Waals surface area contributed by atoms with Crippen molar-refractivity contribution in [2.45, 2.75) is 52.1 Å². The van der Waals surface area contributed by atoms with E-state index in [1.165, 1.54) is 19.3 Å². The molecule has 6 heteroatoms. The Bertz CT molecular complexity index is 855. The maximum Gasteiger partial charge on any atom is 0.255 e. The smallest absolute Gasteiger partial charge is 0.255 e. The number of rotatable bonds is 6. The molecule has 6 nitrogen and oxygen atoms in total. The Balaban J connectivity index is 1.49. The maximum atomic E-state index is 13.2. The molecule has 162 valence electrons. The van der Waals surface area contributed by atoms with Crippen LogP contribution in [0, 0.1) is 5.92 Å². The van der Waals surface area contributed by atoms with Crippen LogP contribution in [0.1, 0.15) is 67.3 Å². The van der Waals surface area contributed by atoms with Gasteiger partial charge in [0.1, 0.15) is 5.76 Å². The van der Waals surface area contributed by atoms with Gasteiger partial charge in [-0.3, -0.25) is 9.69 Å². The Hall–Kier alpha value is -2.47. The molecule has 2 aliphatic heterocycles. The minimum atomic E-state index is -0.132. The Morgan fingerprint density at radius 3 is 2.57 bits per heavy atom. The summed E-state index contributed by atoms with van der Waals surface area (Å²) in [6.45, 7) is 8.34. The minimum Gasteiger partial charge on any atom is -0.490 e. The highest BCUT2D eigenvalue weighted by atomic mass is 16.5. The topological polar surface area (TPSA) is 63.9 Å². The predicted molar refractivity (Wildman–Crippen MR) is 115 cm³/mol. The fourth-order valence-corrected chi connectivity index (χ4v) is 4.21. The van der Waals surface area contributed by atoms with Gasteiger partial charge >= 0.3 is 0 Å². The summed E-state index contributed by atoms with van der Waals surface area (Å²) in [6.07, 6.45) is 6.19. The zero-order valence-corrected chi connectivity index (χ0v) is 18.0. The molecule has 0 radical (unpaired) electrons. The van der Waals surface area contributed by atoms with E-state index in [0.717, 1.165) is 42.3 Å². The number of likely N-dealkylation sites (tertiary alicyclic amines) is 1. The zero-order chi connectivity index (χ0) is 20.9. The number of hydrogen-bond acceptors (Lipinski definition) is 5. The van der Waals surface area contributed by atoms with Crippen LogP contribution in [0.5, 0.6) is 11.5 Å². The van der Waals surface area contributed by atoms with Crippen LogP contribution >= 0.6 is 0 Å². The third-order valence-electron chi connectivity index (χ3n) is 5.89. The van der Waals surface area contributed by atoms with Gasteiger partial charge in [-0.05, 0) is 55.6 Å². The van der Waals surface area contributed by atoms with E-state index in [-0.39, 0.29) is 17.9 Å². The molecule has 1 amide bonds. The summed E-state index contributed by atoms with van der Waals surface area (Å²) in [7, 11) is 0. The van der Waals surface area contributed by atoms with E-state index in [0.29, 0.717) is 25.3 Å². The van der Waals surface area contributed by atoms with Gasteiger partial charge in [-0.25, -0.2) is 0 Å². The molecule has 0 unspecified atom stereocenters. The number of carbonyl (C=O) groups is 1. The van der Waals surface area contributed by atoms with E-state index >= 15 is 0 Å². The second-order valence-electron chi connectivity index (χ2n) is 8.55. The van der Waals surface area contributed by atoms with E-state index in [2.05, 4.69) is 24.1 Å². The van der Waals surface area contributed by atoms with Crippen LogP contribution in [0.4, 0.5) is 0 Å². The molecule has 2 aliphatic rings. The summed E-state index contributed by atoms with van der Waals surface area (Å²) in [5, 5.41) is 3.22. The summed E-state index contributed by atoms with van der Waals surface area (Å²) in [6, 6.07) is 7.60. The number of amides is 1. The molecule has 1 atom stereocenters. The minimum absolute atomic E-state index is 0.0958. The van der Waals surface area contributed by atoms with E-state index in [9.17, 15) is 4.79 Å². The molecule has 1 fully saturated rings. The number of benzene rings is 1. The predicted octanol–water partition coefficient (Wildman–Crippen LogP) is 4.55. The molecule has 0 saturated carbocycles. The third-order valence-corrected chi connectivity index (χ3v) is 5.89. The number of hydrogen-bond donors (Lipinski definition) is 1. The highest BCUT2D eigenvalue weighted by Crippen LogP contribution is 2.34. The van der Waals surface area contributed by atoms with Gasteiger partial charge in [0.05, 0.1) is 37.6 Å². The first kappa shape index (κ1) is 20.8. The standard InChI is InChI=1S/C24H32N2O4/c1-17(2)23(18-7-8-20-21(15-18)29-13-6-12-28-20)25-24(27)19-9-14-30-22(19)16-26-10-4-3-5-11-26/h7-9,14-15,17,23H,3-6,10-13,16H2,1-2H3,(H,25,27)/t23-/m0/s1. The summed E-state index contributed by atoms with van der Waals surface area (Å²) < 4.78 is 17.3. The maximum absolute atomic E-state index is 13.2. The Morgan fingerprint density at radius 1 is 1.03 bits per heavy atom. The van der Waals surface area contributed by atoms with Gasteiger partial charge < -0.3 is 19.2 Å². The van der Waals surface area contributed by atoms with Crippen LogP contribution in [-0.4, -0.2) is 37.1 Å². The molecule has 1 aromatic heterocycles. The molecule has 0 aliphatic carbocycles. The number of nitrogens with zero attached hydrogens (tertiary/aromatic N) is 1. The number of piperidine rings is 1. The highest BCUT2D eigenvalue weighted by molar-refractivity contribution is 5.95. The fraction of sp³-hybridized carbons (Fsp3) is 0.542. The second kappa shape index (κ2) is 9.56. The molecule has 1 saturated heterocycles. The summed E-state index contributed by atoms with van der Waals surface area (Å²) >= 11 is 0. The van der Waals surface area contributed by atoms with Crippen LogP contribution in [0.3, 0.4) is 0 Å². The van der Waals surface area contributed by atoms with Crippen molar-refractivity contribution >= 4 is 5.91 Å². The van der Waals surface area contributed by atoms with Crippen molar-refractivity contribution in [1.29, 1.82) is 0 Å². The van der Waals surface area contributed by atoms with Crippen LogP contribution in [-0.2, 0) is 6.54 Å². The summed E-state index contributed by atoms with van der Waals surface area (Å²) in [5.41, 5.74) is 1.64. The van der Waals surface area contributed by atoms with Crippen LogP contribution < -0.4 is 14.8 Å². The van der Waals surface area contributed by atoms with E-state index in [1.807, 2.05) is 18.2 Å². The molecule has 0 spiro atoms. The lowest BCUT2D eigenvalue weighted by Gasteiger charge is -2.26. The first-order valence-electron chi connectivity index (χ1n) is 11.1. The van der Waals surface area contributed by atoms with E-state index < -0.39 is 0 Å². The van der Waals surface area contributed by atoms with Crippen molar-refractivity contribution in [3.05, 3.63) is 47.4 Å². The average molecular weight is 413 g/mol. The molecule has 2 aromatic rings. The number of furan rings is 1. The molecular formula is C24H32N2O4. The third kappa shape index (κ3) is 4.81. The first-order valence-corrected chi connectivity index (χ1v) is 11.1. The van der Waals surface area contributed by atoms with Crippen LogP contribution in [0.15, 0.2) is 34.9 Å². The molecule has 4 rings (SSSR count). The van der Waals surface area contributed by atoms with Gasteiger partial charge in [-0.2, -0.15) is 0 Å². The summed E-state index contributed by atoms with van der Waals surface area (Å²) in [4.78, 5) is 15.5. The molecular weight excluding hydrogens is 380 g/mol. The van der Waals surface area contributed by atoms with Gasteiger partial charge in [0.2, 0.25) is 0 Å². The zero-order valence-electron chi connectivity index (χ0n) is 18.0. The molecule has 3 heterocycles. The SMILES string of the molecule is CC(C)[C@H](NC(=O)c1ccoc1CN1CCCCC1)c1ccc2c(c1)OCCCO2. The average Bonchev–Trinajstić information content (AvgIpc) is 3.08. The Morgan fingerprint density at radius 2 is 1.80 bits per heavy atom. The number of ether oxygens (including phenoxy) is 2. The van der Waals surface area contributed by atoms with Crippen molar-refractivity contribution in [2.24, 2.45) is 5.92 Å². The summed E-state index contributed by atoms with van der Waals surface area (Å²) in [5.74, 6) is 2.39. The number of carbonyl (C=O) groups excluding carboxylic acids is 1. The monoisotopic (exact) mass is 412 g/mol. The second-order valence-corrected chi connectivity index (χ2v) is 8.55. The lowest BCUT2D eigenvalue weighted by molar-refractivity contribution is 0.0921. The van der Waals surface area contributed by atoms with Gasteiger partial charge in [0.15, 0.2) is 11.5 Å². The van der Waals surface area contributed by atoms with Crippen molar-refractivity contribution in [2.75, 3.05) is 26.3 Å². The number of fused-ring (bicyclic) bond motifs is 1. The number of nitrogens with one attached hydrogen (secondary N) is 1. The quantitative estimate of drug-likeness (QED) is 0.754. The van der Waals surface area contributed by atoms with Crippen LogP contribution in [0.2, 0.25) is 0 Å². The van der Waals surface area contributed by atoms with Gasteiger partial charge in [0.25, 0.3) is 5.91 Å². The lowest BCUT2D eigenvalue weighted by atomic mass is 9.95. The first-order chi connectivity index (χ1) is 14.6. The fourth-order valence-electron chi connectivity index (χ4n) is 4.21. The highest BCUT2D eigenvalue weighted by Gasteiger charge is 2.24. The van der Waals surface area contributed by atoms with E-state index in [1.54, 1.807) is 12.3 Å². The molecule has 1 N–H and O–H groups in total. The normalized spacial score (nSPS) is 18.1. The van der Waals surface area contributed by atoms with E-state index in [4.69, 9.17) is 13.9 Å². The Kier molecular flexibility index (Phi) is 6.62. The van der Waals surface area contributed by atoms with Gasteiger partial charge in [-0.15, -0.1) is 0 Å². The van der Waals surface area contributed by atoms with Crippen molar-refractivity contribution in [3.8, 4) is 11.5 Å². The van der Waals surface area contributed by atoms with Crippen LogP contribution in [0.25, 0.3) is 0 Å². The lowest BCUT2D eigenvalue weighted by Crippen LogP contribution is -2.33. The molecule has 0 bridgehead atoms. The van der Waals surface area contributed by atoms with Crippen molar-refractivity contribution in [1.82, 2.24) is 10.2 Å².